The Morgan fingerprint density at radius 2 is 2.00 bits per heavy atom. The summed E-state index contributed by atoms with van der Waals surface area (Å²) in [7, 11) is 1.66. The highest BCUT2D eigenvalue weighted by Gasteiger charge is 2.39. The second kappa shape index (κ2) is 9.76. The molecule has 0 radical (unpaired) electrons. The molecule has 2 atom stereocenters. The number of methoxy groups -OCH3 is 1. The van der Waals surface area contributed by atoms with Gasteiger partial charge in [-0.25, -0.2) is 0 Å². The third-order valence-electron chi connectivity index (χ3n) is 4.73. The monoisotopic (exact) mass is 377 g/mol. The maximum absolute atomic E-state index is 12.8. The Morgan fingerprint density at radius 3 is 2.58 bits per heavy atom. The maximum Gasteiger partial charge on any atom is 0.225 e. The molecule has 2 rings (SSSR count). The summed E-state index contributed by atoms with van der Waals surface area (Å²) in [5.41, 5.74) is 1.15. The van der Waals surface area contributed by atoms with Crippen molar-refractivity contribution in [1.29, 1.82) is 0 Å². The molecule has 0 spiro atoms. The molecule has 144 valence electrons. The van der Waals surface area contributed by atoms with E-state index < -0.39 is 0 Å². The minimum atomic E-state index is -0.104. The molecule has 1 aromatic rings. The van der Waals surface area contributed by atoms with Crippen LogP contribution >= 0.6 is 12.2 Å². The minimum absolute atomic E-state index is 0.104. The van der Waals surface area contributed by atoms with E-state index in [4.69, 9.17) is 17.0 Å². The molecule has 1 heterocycles. The van der Waals surface area contributed by atoms with Crippen LogP contribution < -0.4 is 15.4 Å². The summed E-state index contributed by atoms with van der Waals surface area (Å²) in [4.78, 5) is 14.9. The van der Waals surface area contributed by atoms with Gasteiger partial charge in [-0.3, -0.25) is 4.79 Å². The van der Waals surface area contributed by atoms with Gasteiger partial charge in [-0.1, -0.05) is 25.5 Å². The van der Waals surface area contributed by atoms with Gasteiger partial charge in [0.05, 0.1) is 13.0 Å². The number of nitrogens with one attached hydrogen (secondary N) is 2. The van der Waals surface area contributed by atoms with Crippen molar-refractivity contribution in [1.82, 2.24) is 15.5 Å². The second-order valence-corrected chi connectivity index (χ2v) is 7.53. The number of likely N-dealkylation sites (tertiary alicyclic amines) is 1. The summed E-state index contributed by atoms with van der Waals surface area (Å²) in [6, 6.07) is 8.29. The Morgan fingerprint density at radius 1 is 1.31 bits per heavy atom. The standard InChI is InChI=1S/C20H31N3O2S/c1-5-6-11-21-19(24)18-13-23(20(26)22-14(2)3)12-17(18)15-7-9-16(25-4)10-8-15/h7-10,14,17-18H,5-6,11-13H2,1-4H3,(H,21,24)(H,22,26). The largest absolute Gasteiger partial charge is 0.497 e. The average Bonchev–Trinajstić information content (AvgIpc) is 3.07. The van der Waals surface area contributed by atoms with Crippen LogP contribution in [0.25, 0.3) is 0 Å². The van der Waals surface area contributed by atoms with Crippen LogP contribution in [0.5, 0.6) is 5.75 Å². The first kappa shape index (κ1) is 20.5. The molecule has 0 saturated carbocycles. The molecule has 1 aromatic carbocycles. The van der Waals surface area contributed by atoms with Crippen LogP contribution in [-0.4, -0.2) is 48.7 Å². The summed E-state index contributed by atoms with van der Waals surface area (Å²) < 4.78 is 5.25. The van der Waals surface area contributed by atoms with Crippen LogP contribution in [0.3, 0.4) is 0 Å². The maximum atomic E-state index is 12.8. The lowest BCUT2D eigenvalue weighted by Crippen LogP contribution is -2.42. The molecule has 26 heavy (non-hydrogen) atoms. The fraction of sp³-hybridized carbons (Fsp3) is 0.600. The van der Waals surface area contributed by atoms with Crippen LogP contribution in [-0.2, 0) is 4.79 Å². The van der Waals surface area contributed by atoms with Crippen molar-refractivity contribution in [2.75, 3.05) is 26.7 Å². The SMILES string of the molecule is CCCCNC(=O)C1CN(C(=S)NC(C)C)CC1c1ccc(OC)cc1. The fourth-order valence-corrected chi connectivity index (χ4v) is 3.67. The summed E-state index contributed by atoms with van der Waals surface area (Å²) in [5.74, 6) is 0.959. The number of hydrogen-bond donors (Lipinski definition) is 2. The van der Waals surface area contributed by atoms with Gasteiger partial charge in [0, 0.05) is 31.6 Å². The van der Waals surface area contributed by atoms with Gasteiger partial charge in [-0.05, 0) is 50.2 Å². The summed E-state index contributed by atoms with van der Waals surface area (Å²) in [6.07, 6.45) is 2.07. The number of carbonyl (C=O) groups excluding carboxylic acids is 1. The molecule has 1 fully saturated rings. The Kier molecular flexibility index (Phi) is 7.69. The van der Waals surface area contributed by atoms with Gasteiger partial charge < -0.3 is 20.3 Å². The van der Waals surface area contributed by atoms with Crippen molar-refractivity contribution in [2.45, 2.75) is 45.6 Å². The number of ether oxygens (including phenoxy) is 1. The van der Waals surface area contributed by atoms with Crippen LogP contribution in [0, 0.1) is 5.92 Å². The third kappa shape index (κ3) is 5.34. The van der Waals surface area contributed by atoms with Crippen LogP contribution in [0.4, 0.5) is 0 Å². The van der Waals surface area contributed by atoms with Crippen molar-refractivity contribution in [2.24, 2.45) is 5.92 Å². The molecule has 2 N–H and O–H groups in total. The van der Waals surface area contributed by atoms with E-state index in [1.807, 2.05) is 12.1 Å². The highest BCUT2D eigenvalue weighted by molar-refractivity contribution is 7.80. The van der Waals surface area contributed by atoms with E-state index in [0.29, 0.717) is 6.54 Å². The lowest BCUT2D eigenvalue weighted by atomic mass is 9.88. The first-order valence-electron chi connectivity index (χ1n) is 9.43. The van der Waals surface area contributed by atoms with Gasteiger partial charge >= 0.3 is 0 Å². The topological polar surface area (TPSA) is 53.6 Å². The summed E-state index contributed by atoms with van der Waals surface area (Å²) in [5, 5.41) is 7.11. The molecule has 1 saturated heterocycles. The normalized spacial score (nSPS) is 19.5. The summed E-state index contributed by atoms with van der Waals surface area (Å²) >= 11 is 5.54. The molecule has 0 bridgehead atoms. The van der Waals surface area contributed by atoms with E-state index >= 15 is 0 Å². The molecule has 1 amide bonds. The van der Waals surface area contributed by atoms with E-state index in [0.717, 1.165) is 42.4 Å². The zero-order chi connectivity index (χ0) is 19.1. The predicted molar refractivity (Wildman–Crippen MR) is 110 cm³/mol. The molecule has 5 nitrogen and oxygen atoms in total. The molecular weight excluding hydrogens is 346 g/mol. The first-order chi connectivity index (χ1) is 12.5. The predicted octanol–water partition coefficient (Wildman–Crippen LogP) is 2.91. The Bertz CT molecular complexity index is 604. The van der Waals surface area contributed by atoms with Crippen LogP contribution in [0.2, 0.25) is 0 Å². The molecule has 6 heteroatoms. The number of unbranched alkanes of at least 4 members (excludes halogenated alkanes) is 1. The van der Waals surface area contributed by atoms with Crippen molar-refractivity contribution < 1.29 is 9.53 Å². The third-order valence-corrected chi connectivity index (χ3v) is 5.11. The van der Waals surface area contributed by atoms with Gasteiger partial charge in [-0.2, -0.15) is 0 Å². The van der Waals surface area contributed by atoms with Gasteiger partial charge in [-0.15, -0.1) is 0 Å². The van der Waals surface area contributed by atoms with Gasteiger partial charge in [0.15, 0.2) is 5.11 Å². The van der Waals surface area contributed by atoms with Gasteiger partial charge in [0.25, 0.3) is 0 Å². The fourth-order valence-electron chi connectivity index (χ4n) is 3.28. The van der Waals surface area contributed by atoms with E-state index in [1.165, 1.54) is 0 Å². The molecule has 0 aromatic heterocycles. The van der Waals surface area contributed by atoms with Crippen molar-refractivity contribution in [3.63, 3.8) is 0 Å². The highest BCUT2D eigenvalue weighted by atomic mass is 32.1. The van der Waals surface area contributed by atoms with E-state index in [9.17, 15) is 4.79 Å². The number of thiocarbonyl (C=S) groups is 1. The second-order valence-electron chi connectivity index (χ2n) is 7.14. The Balaban J connectivity index is 2.16. The van der Waals surface area contributed by atoms with Crippen molar-refractivity contribution >= 4 is 23.2 Å². The Labute approximate surface area is 162 Å². The van der Waals surface area contributed by atoms with E-state index in [2.05, 4.69) is 48.4 Å². The molecule has 2 unspecified atom stereocenters. The first-order valence-corrected chi connectivity index (χ1v) is 9.84. The lowest BCUT2D eigenvalue weighted by molar-refractivity contribution is -0.124. The molecule has 0 aliphatic carbocycles. The average molecular weight is 378 g/mol. The molecular formula is C20H31N3O2S. The van der Waals surface area contributed by atoms with E-state index in [-0.39, 0.29) is 23.8 Å². The van der Waals surface area contributed by atoms with Crippen LogP contribution in [0.15, 0.2) is 24.3 Å². The smallest absolute Gasteiger partial charge is 0.225 e. The molecule has 1 aliphatic heterocycles. The lowest BCUT2D eigenvalue weighted by Gasteiger charge is -2.22. The number of rotatable bonds is 7. The summed E-state index contributed by atoms with van der Waals surface area (Å²) in [6.45, 7) is 8.38. The zero-order valence-electron chi connectivity index (χ0n) is 16.2. The minimum Gasteiger partial charge on any atom is -0.497 e. The highest BCUT2D eigenvalue weighted by Crippen LogP contribution is 2.34. The number of amides is 1. The number of benzene rings is 1. The van der Waals surface area contributed by atoms with Crippen molar-refractivity contribution in [3.8, 4) is 5.75 Å². The molecule has 1 aliphatic rings. The number of carbonyl (C=O) groups is 1. The van der Waals surface area contributed by atoms with E-state index in [1.54, 1.807) is 7.11 Å². The Hall–Kier alpha value is -1.82. The zero-order valence-corrected chi connectivity index (χ0v) is 17.1. The van der Waals surface area contributed by atoms with Crippen molar-refractivity contribution in [3.05, 3.63) is 29.8 Å². The van der Waals surface area contributed by atoms with Crippen LogP contribution in [0.1, 0.15) is 45.1 Å². The number of hydrogen-bond acceptors (Lipinski definition) is 3. The quantitative estimate of drug-likeness (QED) is 0.565. The number of nitrogens with zero attached hydrogens (tertiary/aromatic N) is 1. The van der Waals surface area contributed by atoms with Gasteiger partial charge in [0.1, 0.15) is 5.75 Å². The van der Waals surface area contributed by atoms with Gasteiger partial charge in [0.2, 0.25) is 5.91 Å².